The predicted octanol–water partition coefficient (Wildman–Crippen LogP) is 3.99. The van der Waals surface area contributed by atoms with Crippen molar-refractivity contribution in [2.45, 2.75) is 0 Å². The molecule has 0 aliphatic heterocycles. The molecule has 0 aliphatic carbocycles. The summed E-state index contributed by atoms with van der Waals surface area (Å²) < 4.78 is 45.8. The number of carbonyl (C=O) groups is 1. The number of aliphatic carboxylic acids is 1. The summed E-state index contributed by atoms with van der Waals surface area (Å²) >= 11 is 0. The number of benzene rings is 2. The zero-order chi connectivity index (χ0) is 15.4. The van der Waals surface area contributed by atoms with E-state index in [-0.39, 0.29) is 11.3 Å². The maximum Gasteiger partial charge on any atom is 0.328 e. The lowest BCUT2D eigenvalue weighted by molar-refractivity contribution is -0.131. The van der Waals surface area contributed by atoms with E-state index in [0.29, 0.717) is 0 Å². The predicted molar refractivity (Wildman–Crippen MR) is 69.5 cm³/mol. The highest BCUT2D eigenvalue weighted by atomic mass is 19.1. The van der Waals surface area contributed by atoms with Gasteiger partial charge in [0.25, 0.3) is 0 Å². The smallest absolute Gasteiger partial charge is 0.328 e. The van der Waals surface area contributed by atoms with Gasteiger partial charge >= 0.3 is 5.97 Å². The average Bonchev–Trinajstić information content (AvgIpc) is 2.42. The molecule has 1 N–H and O–H groups in total. The van der Waals surface area contributed by atoms with Crippen LogP contribution in [0, 0.1) is 17.5 Å². The van der Waals surface area contributed by atoms with Crippen molar-refractivity contribution in [1.82, 2.24) is 0 Å². The second-order valence-corrected chi connectivity index (χ2v) is 4.02. The van der Waals surface area contributed by atoms with Crippen LogP contribution >= 0.6 is 0 Å². The van der Waals surface area contributed by atoms with E-state index >= 15 is 0 Å². The summed E-state index contributed by atoms with van der Waals surface area (Å²) in [4.78, 5) is 10.3. The van der Waals surface area contributed by atoms with E-state index in [1.807, 2.05) is 0 Å². The van der Waals surface area contributed by atoms with Crippen LogP contribution in [0.15, 0.2) is 42.5 Å². The molecule has 0 radical (unpaired) electrons. The fourth-order valence-corrected chi connectivity index (χ4v) is 1.58. The number of halogens is 3. The van der Waals surface area contributed by atoms with Crippen molar-refractivity contribution in [3.8, 4) is 11.5 Å². The minimum Gasteiger partial charge on any atom is -0.478 e. The summed E-state index contributed by atoms with van der Waals surface area (Å²) in [7, 11) is 0. The normalized spacial score (nSPS) is 10.8. The van der Waals surface area contributed by atoms with Gasteiger partial charge in [0, 0.05) is 6.08 Å². The van der Waals surface area contributed by atoms with Gasteiger partial charge in [-0.3, -0.25) is 0 Å². The van der Waals surface area contributed by atoms with Gasteiger partial charge in [-0.2, -0.15) is 0 Å². The molecule has 0 saturated carbocycles. The molecule has 0 amide bonds. The van der Waals surface area contributed by atoms with Crippen LogP contribution in [0.3, 0.4) is 0 Å². The first-order valence-electron chi connectivity index (χ1n) is 5.80. The lowest BCUT2D eigenvalue weighted by atomic mass is 10.2. The van der Waals surface area contributed by atoms with E-state index in [0.717, 1.165) is 30.4 Å². The Labute approximate surface area is 117 Å². The number of hydrogen-bond donors (Lipinski definition) is 1. The number of rotatable bonds is 4. The second-order valence-electron chi connectivity index (χ2n) is 4.02. The maximum atomic E-state index is 13.8. The molecule has 0 aromatic heterocycles. The van der Waals surface area contributed by atoms with Crippen LogP contribution in [0.2, 0.25) is 0 Å². The highest BCUT2D eigenvalue weighted by Gasteiger charge is 2.14. The molecule has 0 aliphatic rings. The Morgan fingerprint density at radius 3 is 2.24 bits per heavy atom. The summed E-state index contributed by atoms with van der Waals surface area (Å²) in [5.74, 6) is -5.21. The number of carboxylic acids is 1. The minimum atomic E-state index is -1.25. The summed E-state index contributed by atoms with van der Waals surface area (Å²) in [6.07, 6.45) is 1.77. The fourth-order valence-electron chi connectivity index (χ4n) is 1.58. The third-order valence-corrected chi connectivity index (χ3v) is 2.49. The Balaban J connectivity index is 2.34. The van der Waals surface area contributed by atoms with Gasteiger partial charge < -0.3 is 9.84 Å². The summed E-state index contributed by atoms with van der Waals surface area (Å²) in [6.45, 7) is 0. The van der Waals surface area contributed by atoms with E-state index in [9.17, 15) is 18.0 Å². The number of carboxylic acid groups (broad SMARTS) is 1. The molecule has 108 valence electrons. The fraction of sp³-hybridized carbons (Fsp3) is 0. The molecule has 0 heterocycles. The number of para-hydroxylation sites is 1. The highest BCUT2D eigenvalue weighted by Crippen LogP contribution is 2.30. The molecule has 2 aromatic carbocycles. The molecule has 0 atom stereocenters. The van der Waals surface area contributed by atoms with Crippen LogP contribution in [-0.2, 0) is 4.79 Å². The molecule has 0 fully saturated rings. The van der Waals surface area contributed by atoms with Crippen LogP contribution in [-0.4, -0.2) is 11.1 Å². The second kappa shape index (κ2) is 6.13. The number of hydrogen-bond acceptors (Lipinski definition) is 2. The molecule has 6 heteroatoms. The van der Waals surface area contributed by atoms with Crippen molar-refractivity contribution in [3.63, 3.8) is 0 Å². The Morgan fingerprint density at radius 1 is 1.05 bits per heavy atom. The van der Waals surface area contributed by atoms with Crippen LogP contribution in [0.1, 0.15) is 5.56 Å². The van der Waals surface area contributed by atoms with E-state index < -0.39 is 29.2 Å². The standard InChI is InChI=1S/C15H9F3O3/c16-10-3-1-2-4-13(10)21-15-11(17)7-9(8-12(15)18)5-6-14(19)20/h1-8H,(H,19,20). The monoisotopic (exact) mass is 294 g/mol. The Bertz CT molecular complexity index is 688. The quantitative estimate of drug-likeness (QED) is 0.867. The Morgan fingerprint density at radius 2 is 1.67 bits per heavy atom. The van der Waals surface area contributed by atoms with E-state index in [1.165, 1.54) is 18.2 Å². The third-order valence-electron chi connectivity index (χ3n) is 2.49. The molecule has 0 saturated heterocycles. The molecular formula is C15H9F3O3. The molecule has 0 spiro atoms. The van der Waals surface area contributed by atoms with Gasteiger partial charge in [0.2, 0.25) is 0 Å². The number of ether oxygens (including phenoxy) is 1. The maximum absolute atomic E-state index is 13.8. The zero-order valence-electron chi connectivity index (χ0n) is 10.5. The average molecular weight is 294 g/mol. The molecule has 0 bridgehead atoms. The van der Waals surface area contributed by atoms with Gasteiger partial charge in [-0.1, -0.05) is 12.1 Å². The van der Waals surface area contributed by atoms with Gasteiger partial charge in [-0.25, -0.2) is 18.0 Å². The highest BCUT2D eigenvalue weighted by molar-refractivity contribution is 5.85. The molecular weight excluding hydrogens is 285 g/mol. The van der Waals surface area contributed by atoms with Gasteiger partial charge in [-0.15, -0.1) is 0 Å². The van der Waals surface area contributed by atoms with E-state index in [1.54, 1.807) is 0 Å². The Hall–Kier alpha value is -2.76. The van der Waals surface area contributed by atoms with Gasteiger partial charge in [0.05, 0.1) is 0 Å². The minimum absolute atomic E-state index is 0.00767. The first kappa shape index (κ1) is 14.6. The van der Waals surface area contributed by atoms with E-state index in [4.69, 9.17) is 9.84 Å². The topological polar surface area (TPSA) is 46.5 Å². The lowest BCUT2D eigenvalue weighted by Gasteiger charge is -2.09. The van der Waals surface area contributed by atoms with Gasteiger partial charge in [-0.05, 0) is 35.9 Å². The van der Waals surface area contributed by atoms with Gasteiger partial charge in [0.1, 0.15) is 0 Å². The van der Waals surface area contributed by atoms with Crippen molar-refractivity contribution in [2.24, 2.45) is 0 Å². The molecule has 21 heavy (non-hydrogen) atoms. The SMILES string of the molecule is O=C(O)C=Cc1cc(F)c(Oc2ccccc2F)c(F)c1. The third kappa shape index (κ3) is 3.62. The first-order valence-corrected chi connectivity index (χ1v) is 5.80. The van der Waals surface area contributed by atoms with Crippen molar-refractivity contribution < 1.29 is 27.8 Å². The van der Waals surface area contributed by atoms with Crippen molar-refractivity contribution in [1.29, 1.82) is 0 Å². The molecule has 2 rings (SSSR count). The first-order chi connectivity index (χ1) is 9.97. The van der Waals surface area contributed by atoms with Crippen molar-refractivity contribution in [2.75, 3.05) is 0 Å². The largest absolute Gasteiger partial charge is 0.478 e. The molecule has 0 unspecified atom stereocenters. The van der Waals surface area contributed by atoms with Gasteiger partial charge in [0.15, 0.2) is 29.0 Å². The zero-order valence-corrected chi connectivity index (χ0v) is 10.5. The lowest BCUT2D eigenvalue weighted by Crippen LogP contribution is -1.96. The van der Waals surface area contributed by atoms with Crippen molar-refractivity contribution >= 4 is 12.0 Å². The molecule has 3 nitrogen and oxygen atoms in total. The Kier molecular flexibility index (Phi) is 4.27. The van der Waals surface area contributed by atoms with Crippen molar-refractivity contribution in [3.05, 3.63) is 65.5 Å². The van der Waals surface area contributed by atoms with Crippen LogP contribution in [0.5, 0.6) is 11.5 Å². The van der Waals surface area contributed by atoms with Crippen LogP contribution < -0.4 is 4.74 Å². The van der Waals surface area contributed by atoms with Crippen LogP contribution in [0.4, 0.5) is 13.2 Å². The van der Waals surface area contributed by atoms with Crippen LogP contribution in [0.25, 0.3) is 6.08 Å². The summed E-state index contributed by atoms with van der Waals surface area (Å²) in [6, 6.07) is 6.96. The summed E-state index contributed by atoms with van der Waals surface area (Å²) in [5.41, 5.74) is 0.00767. The van der Waals surface area contributed by atoms with E-state index in [2.05, 4.69) is 0 Å². The molecule has 2 aromatic rings. The summed E-state index contributed by atoms with van der Waals surface area (Å²) in [5, 5.41) is 8.45.